The van der Waals surface area contributed by atoms with Gasteiger partial charge in [-0.2, -0.15) is 0 Å². The zero-order chi connectivity index (χ0) is 15.4. The number of aryl methyl sites for hydroxylation is 1. The predicted molar refractivity (Wildman–Crippen MR) is 79.2 cm³/mol. The Hall–Kier alpha value is -1.94. The Morgan fingerprint density at radius 1 is 1.14 bits per heavy atom. The van der Waals surface area contributed by atoms with Gasteiger partial charge in [0, 0.05) is 12.1 Å². The zero-order valence-electron chi connectivity index (χ0n) is 12.1. The van der Waals surface area contributed by atoms with Crippen LogP contribution in [-0.4, -0.2) is 6.04 Å². The Kier molecular flexibility index (Phi) is 4.91. The summed E-state index contributed by atoms with van der Waals surface area (Å²) in [5, 5.41) is 0. The first-order valence-corrected chi connectivity index (χ1v) is 6.95. The third-order valence-electron chi connectivity index (χ3n) is 3.44. The first-order chi connectivity index (χ1) is 10.0. The zero-order valence-corrected chi connectivity index (χ0v) is 12.1. The summed E-state index contributed by atoms with van der Waals surface area (Å²) < 4.78 is 32.8. The molecule has 0 bridgehead atoms. The van der Waals surface area contributed by atoms with E-state index in [1.165, 1.54) is 18.2 Å². The maximum Gasteiger partial charge on any atom is 0.139 e. The van der Waals surface area contributed by atoms with Gasteiger partial charge in [-0.1, -0.05) is 25.1 Å². The van der Waals surface area contributed by atoms with Crippen LogP contribution in [0, 0.1) is 18.6 Å². The molecule has 2 aromatic carbocycles. The highest BCUT2D eigenvalue weighted by atomic mass is 19.1. The van der Waals surface area contributed by atoms with Crippen molar-refractivity contribution in [1.29, 1.82) is 0 Å². The van der Waals surface area contributed by atoms with Crippen LogP contribution in [-0.2, 0) is 0 Å². The van der Waals surface area contributed by atoms with E-state index in [0.717, 1.165) is 0 Å². The first kappa shape index (κ1) is 15.4. The molecule has 2 N–H and O–H groups in total. The van der Waals surface area contributed by atoms with E-state index in [-0.39, 0.29) is 17.7 Å². The summed E-state index contributed by atoms with van der Waals surface area (Å²) in [6.45, 7) is 3.61. The summed E-state index contributed by atoms with van der Waals surface area (Å²) in [5.74, 6) is -0.300. The van der Waals surface area contributed by atoms with Gasteiger partial charge >= 0.3 is 0 Å². The number of hydrogen-bond donors (Lipinski definition) is 1. The molecule has 0 saturated carbocycles. The summed E-state index contributed by atoms with van der Waals surface area (Å²) in [6.07, 6.45) is 0.142. The van der Waals surface area contributed by atoms with E-state index in [0.29, 0.717) is 23.3 Å². The Labute approximate surface area is 123 Å². The second-order valence-electron chi connectivity index (χ2n) is 5.08. The molecule has 2 nitrogen and oxygen atoms in total. The van der Waals surface area contributed by atoms with Crippen molar-refractivity contribution in [1.82, 2.24) is 0 Å². The molecule has 4 heteroatoms. The van der Waals surface area contributed by atoms with Gasteiger partial charge in [-0.3, -0.25) is 0 Å². The fourth-order valence-electron chi connectivity index (χ4n) is 2.09. The minimum atomic E-state index is -0.521. The van der Waals surface area contributed by atoms with Gasteiger partial charge in [0.25, 0.3) is 0 Å². The maximum atomic E-state index is 13.6. The number of hydrogen-bond acceptors (Lipinski definition) is 2. The van der Waals surface area contributed by atoms with Crippen LogP contribution in [0.15, 0.2) is 42.5 Å². The molecule has 112 valence electrons. The van der Waals surface area contributed by atoms with Crippen molar-refractivity contribution in [2.45, 2.75) is 32.4 Å². The van der Waals surface area contributed by atoms with Gasteiger partial charge in [-0.15, -0.1) is 0 Å². The van der Waals surface area contributed by atoms with Crippen molar-refractivity contribution >= 4 is 0 Å². The standard InChI is InChI=1S/C17H19F2NO/c1-3-16(20)17(12-5-4-6-13(18)9-12)21-14-8-7-11(2)15(19)10-14/h4-10,16-17H,3,20H2,1-2H3. The number of nitrogens with two attached hydrogens (primary N) is 1. The lowest BCUT2D eigenvalue weighted by Gasteiger charge is -2.25. The van der Waals surface area contributed by atoms with E-state index >= 15 is 0 Å². The molecular weight excluding hydrogens is 272 g/mol. The largest absolute Gasteiger partial charge is 0.484 e. The fourth-order valence-corrected chi connectivity index (χ4v) is 2.09. The summed E-state index contributed by atoms with van der Waals surface area (Å²) in [5.41, 5.74) is 7.26. The third kappa shape index (κ3) is 3.79. The lowest BCUT2D eigenvalue weighted by Crippen LogP contribution is -2.31. The van der Waals surface area contributed by atoms with Crippen LogP contribution >= 0.6 is 0 Å². The van der Waals surface area contributed by atoms with Gasteiger partial charge < -0.3 is 10.5 Å². The molecule has 21 heavy (non-hydrogen) atoms. The van der Waals surface area contributed by atoms with Crippen LogP contribution in [0.25, 0.3) is 0 Å². The molecule has 0 radical (unpaired) electrons. The molecule has 2 unspecified atom stereocenters. The quantitative estimate of drug-likeness (QED) is 0.899. The average molecular weight is 291 g/mol. The third-order valence-corrected chi connectivity index (χ3v) is 3.44. The summed E-state index contributed by atoms with van der Waals surface area (Å²) in [6, 6.07) is 10.5. The summed E-state index contributed by atoms with van der Waals surface area (Å²) in [7, 11) is 0. The first-order valence-electron chi connectivity index (χ1n) is 6.95. The predicted octanol–water partition coefficient (Wildman–Crippen LogP) is 4.13. The molecule has 2 atom stereocenters. The normalized spacial score (nSPS) is 13.8. The molecule has 0 saturated heterocycles. The van der Waals surface area contributed by atoms with Crippen molar-refractivity contribution < 1.29 is 13.5 Å². The topological polar surface area (TPSA) is 35.2 Å². The Morgan fingerprint density at radius 2 is 1.90 bits per heavy atom. The van der Waals surface area contributed by atoms with E-state index in [1.54, 1.807) is 31.2 Å². The highest BCUT2D eigenvalue weighted by Crippen LogP contribution is 2.27. The highest BCUT2D eigenvalue weighted by molar-refractivity contribution is 5.30. The molecule has 0 aliphatic carbocycles. The van der Waals surface area contributed by atoms with Gasteiger partial charge in [0.2, 0.25) is 0 Å². The second kappa shape index (κ2) is 6.68. The Morgan fingerprint density at radius 3 is 2.52 bits per heavy atom. The lowest BCUT2D eigenvalue weighted by atomic mass is 10.0. The molecule has 0 aliphatic rings. The number of rotatable bonds is 5. The van der Waals surface area contributed by atoms with Crippen molar-refractivity contribution in [3.05, 3.63) is 65.2 Å². The van der Waals surface area contributed by atoms with Crippen molar-refractivity contribution in [2.75, 3.05) is 0 Å². The molecule has 0 aliphatic heterocycles. The highest BCUT2D eigenvalue weighted by Gasteiger charge is 2.21. The van der Waals surface area contributed by atoms with Crippen molar-refractivity contribution in [2.24, 2.45) is 5.73 Å². The molecule has 0 spiro atoms. The maximum absolute atomic E-state index is 13.6. The van der Waals surface area contributed by atoms with Crippen LogP contribution in [0.4, 0.5) is 8.78 Å². The molecule has 2 rings (SSSR count). The molecule has 0 amide bonds. The smallest absolute Gasteiger partial charge is 0.139 e. The number of halogens is 2. The van der Waals surface area contributed by atoms with Crippen molar-refractivity contribution in [3.63, 3.8) is 0 Å². The fraction of sp³-hybridized carbons (Fsp3) is 0.294. The summed E-state index contributed by atoms with van der Waals surface area (Å²) in [4.78, 5) is 0. The Bertz CT molecular complexity index is 615. The number of ether oxygens (including phenoxy) is 1. The van der Waals surface area contributed by atoms with Crippen LogP contribution in [0.1, 0.15) is 30.6 Å². The van der Waals surface area contributed by atoms with Crippen LogP contribution in [0.2, 0.25) is 0 Å². The van der Waals surface area contributed by atoms with Gasteiger partial charge in [0.1, 0.15) is 23.5 Å². The minimum Gasteiger partial charge on any atom is -0.484 e. The van der Waals surface area contributed by atoms with E-state index < -0.39 is 6.10 Å². The monoisotopic (exact) mass is 291 g/mol. The van der Waals surface area contributed by atoms with E-state index in [9.17, 15) is 8.78 Å². The molecule has 2 aromatic rings. The van der Waals surface area contributed by atoms with E-state index in [2.05, 4.69) is 0 Å². The average Bonchev–Trinajstić information content (AvgIpc) is 2.47. The van der Waals surface area contributed by atoms with Gasteiger partial charge in [-0.25, -0.2) is 8.78 Å². The Balaban J connectivity index is 2.30. The van der Waals surface area contributed by atoms with Crippen LogP contribution in [0.3, 0.4) is 0 Å². The van der Waals surface area contributed by atoms with Crippen LogP contribution in [0.5, 0.6) is 5.75 Å². The van der Waals surface area contributed by atoms with Crippen LogP contribution < -0.4 is 10.5 Å². The minimum absolute atomic E-state index is 0.309. The second-order valence-corrected chi connectivity index (χ2v) is 5.08. The SMILES string of the molecule is CCC(N)C(Oc1ccc(C)c(F)c1)c1cccc(F)c1. The molecular formula is C17H19F2NO. The van der Waals surface area contributed by atoms with Crippen molar-refractivity contribution in [3.8, 4) is 5.75 Å². The summed E-state index contributed by atoms with van der Waals surface area (Å²) >= 11 is 0. The number of benzene rings is 2. The lowest BCUT2D eigenvalue weighted by molar-refractivity contribution is 0.170. The molecule has 0 aromatic heterocycles. The van der Waals surface area contributed by atoms with E-state index in [4.69, 9.17) is 10.5 Å². The van der Waals surface area contributed by atoms with Gasteiger partial charge in [0.15, 0.2) is 0 Å². The van der Waals surface area contributed by atoms with Gasteiger partial charge in [-0.05, 0) is 42.7 Å². The van der Waals surface area contributed by atoms with Gasteiger partial charge in [0.05, 0.1) is 0 Å². The molecule has 0 fully saturated rings. The molecule has 0 heterocycles. The van der Waals surface area contributed by atoms with E-state index in [1.807, 2.05) is 6.92 Å².